The lowest BCUT2D eigenvalue weighted by molar-refractivity contribution is -0.120. The van der Waals surface area contributed by atoms with E-state index in [4.69, 9.17) is 0 Å². The Bertz CT molecular complexity index is 1050. The average Bonchev–Trinajstić information content (AvgIpc) is 2.92. The number of aryl methyl sites for hydroxylation is 1. The van der Waals surface area contributed by atoms with Gasteiger partial charge in [-0.3, -0.25) is 19.3 Å². The maximum absolute atomic E-state index is 12.7. The Morgan fingerprint density at radius 2 is 1.46 bits per heavy atom. The maximum Gasteiger partial charge on any atom is 0.261 e. The molecule has 3 amide bonds. The van der Waals surface area contributed by atoms with Crippen LogP contribution in [0.5, 0.6) is 0 Å². The largest absolute Gasteiger partial charge is 0.354 e. The van der Waals surface area contributed by atoms with Crippen LogP contribution in [0.15, 0.2) is 60.7 Å². The lowest BCUT2D eigenvalue weighted by Gasteiger charge is -2.14. The summed E-state index contributed by atoms with van der Waals surface area (Å²) in [5.41, 5.74) is 2.88. The fourth-order valence-electron chi connectivity index (χ4n) is 3.53. The van der Waals surface area contributed by atoms with Crippen molar-refractivity contribution in [3.63, 3.8) is 0 Å². The minimum Gasteiger partial charge on any atom is -0.354 e. The molecule has 5 heteroatoms. The summed E-state index contributed by atoms with van der Waals surface area (Å²) >= 11 is 0. The summed E-state index contributed by atoms with van der Waals surface area (Å²) in [7, 11) is 0. The second-order valence-electron chi connectivity index (χ2n) is 6.96. The molecule has 0 saturated carbocycles. The predicted molar refractivity (Wildman–Crippen MR) is 107 cm³/mol. The third kappa shape index (κ3) is 3.27. The number of carbonyl (C=O) groups excluding carboxylic acids is 3. The number of benzene rings is 3. The van der Waals surface area contributed by atoms with Gasteiger partial charge in [-0.15, -0.1) is 0 Å². The van der Waals surface area contributed by atoms with Crippen molar-refractivity contribution in [3.8, 4) is 0 Å². The maximum atomic E-state index is 12.7. The lowest BCUT2D eigenvalue weighted by Crippen LogP contribution is -2.38. The van der Waals surface area contributed by atoms with Crippen LogP contribution in [-0.4, -0.2) is 35.7 Å². The number of carbonyl (C=O) groups is 3. The van der Waals surface area contributed by atoms with E-state index in [1.54, 1.807) is 12.1 Å². The van der Waals surface area contributed by atoms with E-state index in [1.807, 2.05) is 55.5 Å². The molecule has 0 atom stereocenters. The van der Waals surface area contributed by atoms with Gasteiger partial charge in [0.1, 0.15) is 0 Å². The summed E-state index contributed by atoms with van der Waals surface area (Å²) < 4.78 is 0. The first-order valence-electron chi connectivity index (χ1n) is 9.25. The molecule has 140 valence electrons. The van der Waals surface area contributed by atoms with Gasteiger partial charge in [-0.1, -0.05) is 48.5 Å². The first-order valence-corrected chi connectivity index (χ1v) is 9.25. The number of nitrogens with one attached hydrogen (secondary N) is 1. The number of nitrogens with zero attached hydrogens (tertiary/aromatic N) is 1. The highest BCUT2D eigenvalue weighted by molar-refractivity contribution is 6.23. The molecule has 1 heterocycles. The van der Waals surface area contributed by atoms with E-state index in [-0.39, 0.29) is 37.2 Å². The fraction of sp³-hybridized carbons (Fsp3) is 0.174. The van der Waals surface area contributed by atoms with E-state index in [9.17, 15) is 14.4 Å². The zero-order chi connectivity index (χ0) is 19.7. The first-order chi connectivity index (χ1) is 13.5. The Balaban J connectivity index is 1.41. The van der Waals surface area contributed by atoms with Gasteiger partial charge in [0.15, 0.2) is 0 Å². The van der Waals surface area contributed by atoms with Gasteiger partial charge in [-0.2, -0.15) is 0 Å². The van der Waals surface area contributed by atoms with Gasteiger partial charge in [-0.05, 0) is 41.0 Å². The van der Waals surface area contributed by atoms with Crippen molar-refractivity contribution in [2.45, 2.75) is 13.3 Å². The lowest BCUT2D eigenvalue weighted by atomic mass is 10.0. The quantitative estimate of drug-likeness (QED) is 0.700. The number of rotatable bonds is 5. The van der Waals surface area contributed by atoms with E-state index < -0.39 is 0 Å². The number of hydrogen-bond acceptors (Lipinski definition) is 3. The van der Waals surface area contributed by atoms with Crippen molar-refractivity contribution in [1.29, 1.82) is 0 Å². The van der Waals surface area contributed by atoms with Crippen molar-refractivity contribution in [2.24, 2.45) is 0 Å². The SMILES string of the molecule is Cc1ccccc1CC(=O)NCCN1C(=O)c2cc3ccccc3cc2C1=O. The van der Waals surface area contributed by atoms with Crippen LogP contribution in [0.1, 0.15) is 31.8 Å². The van der Waals surface area contributed by atoms with Gasteiger partial charge >= 0.3 is 0 Å². The Kier molecular flexibility index (Phi) is 4.65. The summed E-state index contributed by atoms with van der Waals surface area (Å²) in [4.78, 5) is 38.7. The summed E-state index contributed by atoms with van der Waals surface area (Å²) in [6.07, 6.45) is 0.278. The van der Waals surface area contributed by atoms with E-state index in [0.29, 0.717) is 11.1 Å². The van der Waals surface area contributed by atoms with Crippen molar-refractivity contribution in [3.05, 3.63) is 82.9 Å². The van der Waals surface area contributed by atoms with Crippen LogP contribution in [0, 0.1) is 6.92 Å². The monoisotopic (exact) mass is 372 g/mol. The zero-order valence-electron chi connectivity index (χ0n) is 15.6. The van der Waals surface area contributed by atoms with Crippen LogP contribution in [0.4, 0.5) is 0 Å². The molecule has 0 unspecified atom stereocenters. The van der Waals surface area contributed by atoms with E-state index in [1.165, 1.54) is 4.90 Å². The van der Waals surface area contributed by atoms with Crippen LogP contribution < -0.4 is 5.32 Å². The van der Waals surface area contributed by atoms with E-state index in [2.05, 4.69) is 5.32 Å². The Hall–Kier alpha value is -3.47. The van der Waals surface area contributed by atoms with Gasteiger partial charge in [0.25, 0.3) is 11.8 Å². The van der Waals surface area contributed by atoms with Crippen LogP contribution in [0.2, 0.25) is 0 Å². The molecule has 1 N–H and O–H groups in total. The van der Waals surface area contributed by atoms with Gasteiger partial charge < -0.3 is 5.32 Å². The van der Waals surface area contributed by atoms with Crippen LogP contribution >= 0.6 is 0 Å². The summed E-state index contributed by atoms with van der Waals surface area (Å²) in [5.74, 6) is -0.741. The molecule has 1 aliphatic heterocycles. The molecule has 3 aromatic carbocycles. The molecule has 28 heavy (non-hydrogen) atoms. The highest BCUT2D eigenvalue weighted by Crippen LogP contribution is 2.27. The van der Waals surface area contributed by atoms with Gasteiger partial charge in [0.05, 0.1) is 17.5 Å². The molecular weight excluding hydrogens is 352 g/mol. The molecule has 0 spiro atoms. The van der Waals surface area contributed by atoms with Gasteiger partial charge in [0, 0.05) is 13.1 Å². The van der Waals surface area contributed by atoms with Crippen molar-refractivity contribution in [1.82, 2.24) is 10.2 Å². The third-order valence-corrected chi connectivity index (χ3v) is 5.11. The van der Waals surface area contributed by atoms with Gasteiger partial charge in [-0.25, -0.2) is 0 Å². The molecule has 3 aromatic rings. The minimum atomic E-state index is -0.307. The molecular formula is C23H20N2O3. The van der Waals surface area contributed by atoms with E-state index >= 15 is 0 Å². The molecule has 0 aromatic heterocycles. The summed E-state index contributed by atoms with van der Waals surface area (Å²) in [5, 5.41) is 4.65. The standard InChI is InChI=1S/C23H20N2O3/c1-15-6-2-3-7-16(15)14-21(26)24-10-11-25-22(27)19-12-17-8-4-5-9-18(17)13-20(19)23(25)28/h2-9,12-13H,10-11,14H2,1H3,(H,24,26). The molecule has 0 saturated heterocycles. The molecule has 1 aliphatic rings. The molecule has 0 bridgehead atoms. The van der Waals surface area contributed by atoms with Crippen molar-refractivity contribution in [2.75, 3.05) is 13.1 Å². The first kappa shape index (κ1) is 17.9. The molecule has 0 aliphatic carbocycles. The Morgan fingerprint density at radius 3 is 2.07 bits per heavy atom. The van der Waals surface area contributed by atoms with Crippen molar-refractivity contribution < 1.29 is 14.4 Å². The van der Waals surface area contributed by atoms with E-state index in [0.717, 1.165) is 21.9 Å². The van der Waals surface area contributed by atoms with Crippen molar-refractivity contribution >= 4 is 28.5 Å². The zero-order valence-corrected chi connectivity index (χ0v) is 15.6. The van der Waals surface area contributed by atoms with Crippen LogP contribution in [-0.2, 0) is 11.2 Å². The fourth-order valence-corrected chi connectivity index (χ4v) is 3.53. The highest BCUT2D eigenvalue weighted by atomic mass is 16.2. The summed E-state index contributed by atoms with van der Waals surface area (Å²) in [6.45, 7) is 2.35. The second kappa shape index (κ2) is 7.27. The topological polar surface area (TPSA) is 66.5 Å². The molecule has 5 nitrogen and oxygen atoms in total. The molecule has 0 radical (unpaired) electrons. The number of hydrogen-bond donors (Lipinski definition) is 1. The predicted octanol–water partition coefficient (Wildman–Crippen LogP) is 3.10. The normalized spacial score (nSPS) is 13.1. The average molecular weight is 372 g/mol. The molecule has 4 rings (SSSR count). The number of fused-ring (bicyclic) bond motifs is 2. The number of amides is 3. The number of imide groups is 1. The smallest absolute Gasteiger partial charge is 0.261 e. The van der Waals surface area contributed by atoms with Crippen LogP contribution in [0.3, 0.4) is 0 Å². The van der Waals surface area contributed by atoms with Crippen LogP contribution in [0.25, 0.3) is 10.8 Å². The molecule has 0 fully saturated rings. The van der Waals surface area contributed by atoms with Gasteiger partial charge in [0.2, 0.25) is 5.91 Å². The third-order valence-electron chi connectivity index (χ3n) is 5.11. The Morgan fingerprint density at radius 1 is 0.893 bits per heavy atom. The summed E-state index contributed by atoms with van der Waals surface area (Å²) in [6, 6.07) is 18.9. The second-order valence-corrected chi connectivity index (χ2v) is 6.96. The Labute approximate surface area is 163 Å². The minimum absolute atomic E-state index is 0.128. The highest BCUT2D eigenvalue weighted by Gasteiger charge is 2.35.